The Morgan fingerprint density at radius 3 is 2.47 bits per heavy atom. The van der Waals surface area contributed by atoms with E-state index in [0.29, 0.717) is 34.9 Å². The number of ether oxygens (including phenoxy) is 2. The van der Waals surface area contributed by atoms with E-state index in [-0.39, 0.29) is 48.4 Å². The number of carbonyl (C=O) groups is 2. The molecule has 0 amide bonds. The summed E-state index contributed by atoms with van der Waals surface area (Å²) in [6, 6.07) is 3.03. The Morgan fingerprint density at radius 2 is 1.88 bits per heavy atom. The molecule has 0 bridgehead atoms. The molecule has 5 rings (SSSR count). The molecule has 1 N–H and O–H groups in total. The number of nitrogens with one attached hydrogen (secondary N) is 1. The Hall–Kier alpha value is -2.87. The van der Waals surface area contributed by atoms with Crippen molar-refractivity contribution in [2.24, 2.45) is 16.8 Å². The number of benzene rings is 1. The van der Waals surface area contributed by atoms with E-state index in [2.05, 4.69) is 10.3 Å². The average Bonchev–Trinajstić information content (AvgIpc) is 3.45. The van der Waals surface area contributed by atoms with Gasteiger partial charge in [0.05, 0.1) is 23.9 Å². The predicted octanol–water partition coefficient (Wildman–Crippen LogP) is 4.62. The number of hydrogen-bond donors (Lipinski definition) is 1. The van der Waals surface area contributed by atoms with Crippen molar-refractivity contribution in [3.8, 4) is 0 Å². The summed E-state index contributed by atoms with van der Waals surface area (Å²) in [4.78, 5) is 34.7. The summed E-state index contributed by atoms with van der Waals surface area (Å²) in [6.45, 7) is 5.84. The number of thiazole rings is 1. The van der Waals surface area contributed by atoms with Crippen LogP contribution in [0.1, 0.15) is 63.1 Å². The van der Waals surface area contributed by atoms with E-state index in [1.165, 1.54) is 41.0 Å². The highest BCUT2D eigenvalue weighted by atomic mass is 35.5. The molecule has 1 atom stereocenters. The van der Waals surface area contributed by atoms with Crippen molar-refractivity contribution in [1.82, 2.24) is 14.6 Å². The molecule has 10 nitrogen and oxygen atoms in total. The zero-order valence-electron chi connectivity index (χ0n) is 24.3. The molecule has 1 aromatic heterocycles. The summed E-state index contributed by atoms with van der Waals surface area (Å²) in [5, 5.41) is 5.17. The number of sulfonamides is 1. The number of halogens is 2. The molecule has 1 aromatic carbocycles. The minimum absolute atomic E-state index is 0.112. The number of aliphatic imine (C=N–C) groups is 1. The fourth-order valence-corrected chi connectivity index (χ4v) is 8.57. The molecule has 3 heterocycles. The normalized spacial score (nSPS) is 23.7. The Balaban J connectivity index is 1.38. The van der Waals surface area contributed by atoms with Gasteiger partial charge in [0.15, 0.2) is 10.8 Å². The number of amidine groups is 1. The van der Waals surface area contributed by atoms with Gasteiger partial charge in [0.2, 0.25) is 10.0 Å². The molecule has 2 aromatic rings. The highest BCUT2D eigenvalue weighted by molar-refractivity contribution is 7.89. The van der Waals surface area contributed by atoms with Gasteiger partial charge in [0, 0.05) is 46.9 Å². The second kappa shape index (κ2) is 12.3. The Kier molecular flexibility index (Phi) is 8.99. The molecule has 1 aliphatic carbocycles. The molecule has 1 saturated carbocycles. The number of esters is 2. The first-order chi connectivity index (χ1) is 20.3. The van der Waals surface area contributed by atoms with Gasteiger partial charge >= 0.3 is 11.9 Å². The van der Waals surface area contributed by atoms with E-state index in [9.17, 15) is 22.4 Å². The quantitative estimate of drug-likeness (QED) is 0.430. The summed E-state index contributed by atoms with van der Waals surface area (Å²) in [5.41, 5.74) is 0.597. The number of carbonyl (C=O) groups excluding carboxylic acids is 2. The Morgan fingerprint density at radius 1 is 1.19 bits per heavy atom. The molecule has 1 unspecified atom stereocenters. The number of allylic oxidation sites excluding steroid dienone is 1. The van der Waals surface area contributed by atoms with Crippen LogP contribution in [0.2, 0.25) is 5.02 Å². The van der Waals surface area contributed by atoms with Gasteiger partial charge in [-0.2, -0.15) is 0 Å². The lowest BCUT2D eigenvalue weighted by Crippen LogP contribution is -2.50. The predicted molar refractivity (Wildman–Crippen MR) is 161 cm³/mol. The maximum atomic E-state index is 13.9. The minimum Gasteiger partial charge on any atom is -0.466 e. The molecule has 1 saturated heterocycles. The van der Waals surface area contributed by atoms with Crippen LogP contribution in [-0.4, -0.2) is 66.5 Å². The van der Waals surface area contributed by atoms with E-state index in [0.717, 1.165) is 0 Å². The van der Waals surface area contributed by atoms with Crippen LogP contribution in [0.4, 0.5) is 4.39 Å². The number of rotatable bonds is 7. The molecule has 0 spiro atoms. The lowest BCUT2D eigenvalue weighted by molar-refractivity contribution is -0.162. The second-order valence-electron chi connectivity index (χ2n) is 11.9. The molecular weight excluding hydrogens is 619 g/mol. The van der Waals surface area contributed by atoms with Gasteiger partial charge in [0.25, 0.3) is 0 Å². The third-order valence-corrected chi connectivity index (χ3v) is 11.3. The number of piperidine rings is 1. The van der Waals surface area contributed by atoms with Gasteiger partial charge in [-0.1, -0.05) is 17.7 Å². The smallest absolute Gasteiger partial charge is 0.338 e. The van der Waals surface area contributed by atoms with Gasteiger partial charge < -0.3 is 14.8 Å². The fourth-order valence-electron chi connectivity index (χ4n) is 5.62. The van der Waals surface area contributed by atoms with Gasteiger partial charge in [-0.25, -0.2) is 26.9 Å². The molecule has 43 heavy (non-hydrogen) atoms. The van der Waals surface area contributed by atoms with E-state index in [4.69, 9.17) is 26.1 Å². The van der Waals surface area contributed by atoms with Gasteiger partial charge in [-0.05, 0) is 58.6 Å². The van der Waals surface area contributed by atoms with Crippen molar-refractivity contribution in [3.05, 3.63) is 62.5 Å². The van der Waals surface area contributed by atoms with Crippen LogP contribution in [0.3, 0.4) is 0 Å². The summed E-state index contributed by atoms with van der Waals surface area (Å²) in [7, 11) is -2.35. The van der Waals surface area contributed by atoms with Gasteiger partial charge in [0.1, 0.15) is 17.5 Å². The molecule has 0 radical (unpaired) electrons. The van der Waals surface area contributed by atoms with Crippen LogP contribution in [0.25, 0.3) is 0 Å². The molecule has 2 fully saturated rings. The highest BCUT2D eigenvalue weighted by Crippen LogP contribution is 2.42. The minimum atomic E-state index is -3.62. The van der Waals surface area contributed by atoms with Crippen LogP contribution in [0, 0.1) is 17.7 Å². The number of hydrogen-bond acceptors (Lipinski definition) is 10. The average molecular weight is 653 g/mol. The maximum Gasteiger partial charge on any atom is 0.338 e. The molecule has 2 aliphatic heterocycles. The molecular formula is C29H34ClFN4O6S2. The molecule has 14 heteroatoms. The summed E-state index contributed by atoms with van der Waals surface area (Å²) in [5.74, 6) is -1.73. The monoisotopic (exact) mass is 652 g/mol. The number of nitrogens with zero attached hydrogens (tertiary/aromatic N) is 3. The largest absolute Gasteiger partial charge is 0.466 e. The van der Waals surface area contributed by atoms with E-state index < -0.39 is 44.6 Å². The lowest BCUT2D eigenvalue weighted by atomic mass is 9.85. The van der Waals surface area contributed by atoms with Crippen LogP contribution < -0.4 is 5.32 Å². The summed E-state index contributed by atoms with van der Waals surface area (Å²) >= 11 is 7.80. The van der Waals surface area contributed by atoms with Gasteiger partial charge in [-0.3, -0.25) is 9.79 Å². The number of aromatic nitrogens is 1. The van der Waals surface area contributed by atoms with E-state index in [1.807, 2.05) is 0 Å². The Labute approximate surface area is 259 Å². The summed E-state index contributed by atoms with van der Waals surface area (Å²) < 4.78 is 52.9. The highest BCUT2D eigenvalue weighted by Gasteiger charge is 2.47. The van der Waals surface area contributed by atoms with Crippen molar-refractivity contribution >= 4 is 50.7 Å². The molecule has 3 aliphatic rings. The third-order valence-electron chi connectivity index (χ3n) is 7.85. The van der Waals surface area contributed by atoms with Crippen LogP contribution in [0.15, 0.2) is 46.0 Å². The van der Waals surface area contributed by atoms with E-state index >= 15 is 0 Å². The van der Waals surface area contributed by atoms with Crippen molar-refractivity contribution in [2.75, 3.05) is 20.2 Å². The van der Waals surface area contributed by atoms with Crippen molar-refractivity contribution in [3.63, 3.8) is 0 Å². The SMILES string of the molecule is COC(=O)C1=C(C2CCN(S(=O)(=O)[C@H]3C[C@H](C(=O)OC(C)(C)C)C3)CC2)NC(c2nccs2)=NC1c1ccc(F)cc1Cl. The first-order valence-electron chi connectivity index (χ1n) is 14.0. The molecule has 232 valence electrons. The first-order valence-corrected chi connectivity index (χ1v) is 16.8. The van der Waals surface area contributed by atoms with Crippen molar-refractivity contribution < 1.29 is 31.9 Å². The lowest BCUT2D eigenvalue weighted by Gasteiger charge is -2.40. The number of methoxy groups -OCH3 is 1. The maximum absolute atomic E-state index is 13.9. The Bertz CT molecular complexity index is 1560. The van der Waals surface area contributed by atoms with Crippen molar-refractivity contribution in [1.29, 1.82) is 0 Å². The second-order valence-corrected chi connectivity index (χ2v) is 15.4. The van der Waals surface area contributed by atoms with Gasteiger partial charge in [-0.15, -0.1) is 11.3 Å². The zero-order valence-corrected chi connectivity index (χ0v) is 26.7. The summed E-state index contributed by atoms with van der Waals surface area (Å²) in [6.07, 6.45) is 2.98. The fraction of sp³-hybridized carbons (Fsp3) is 0.517. The standard InChI is InChI=1S/C29H34ClFN4O6S2/c1-29(2,3)41-27(36)17-13-19(14-17)43(38,39)35-10-7-16(8-11-35)23-22(28(37)40-4)24(20-6-5-18(31)15-21(20)30)34-25(33-23)26-32-9-12-42-26/h5-6,9,12,15-17,19,24H,7-8,10-11,13-14H2,1-4H3,(H,33,34)/t17-,19-,24?. The van der Waals surface area contributed by atoms with Crippen LogP contribution in [0.5, 0.6) is 0 Å². The third kappa shape index (κ3) is 6.64. The topological polar surface area (TPSA) is 127 Å². The van der Waals surface area contributed by atoms with E-state index in [1.54, 1.807) is 32.3 Å². The first kappa shape index (κ1) is 31.6. The zero-order chi connectivity index (χ0) is 31.1. The van der Waals surface area contributed by atoms with Crippen LogP contribution >= 0.6 is 22.9 Å². The van der Waals surface area contributed by atoms with Crippen LogP contribution in [-0.2, 0) is 29.1 Å². The van der Waals surface area contributed by atoms with Crippen molar-refractivity contribution in [2.45, 2.75) is 63.3 Å².